The first-order valence-corrected chi connectivity index (χ1v) is 7.42. The molecule has 2 N–H and O–H groups in total. The minimum Gasteiger partial charge on any atom is -0.480 e. The Kier molecular flexibility index (Phi) is 6.21. The summed E-state index contributed by atoms with van der Waals surface area (Å²) in [6, 6.07) is 5.94. The van der Waals surface area contributed by atoms with Crippen LogP contribution in [0.3, 0.4) is 0 Å². The van der Waals surface area contributed by atoms with Gasteiger partial charge in [0.05, 0.1) is 12.3 Å². The van der Waals surface area contributed by atoms with E-state index in [-0.39, 0.29) is 18.8 Å². The van der Waals surface area contributed by atoms with Crippen molar-refractivity contribution in [3.63, 3.8) is 0 Å². The number of ether oxygens (including phenoxy) is 1. The van der Waals surface area contributed by atoms with E-state index < -0.39 is 22.7 Å². The number of hydrogen-bond acceptors (Lipinski definition) is 4. The predicted octanol–water partition coefficient (Wildman–Crippen LogP) is 0.712. The summed E-state index contributed by atoms with van der Waals surface area (Å²) in [5.74, 6) is -1.28. The largest absolute Gasteiger partial charge is 0.480 e. The molecule has 0 unspecified atom stereocenters. The number of aliphatic carboxylic acids is 1. The van der Waals surface area contributed by atoms with E-state index in [9.17, 15) is 13.2 Å². The van der Waals surface area contributed by atoms with Crippen LogP contribution in [0, 0.1) is 0 Å². The number of benzene rings is 1. The summed E-state index contributed by atoms with van der Waals surface area (Å²) < 4.78 is 31.9. The zero-order valence-electron chi connectivity index (χ0n) is 10.7. The summed E-state index contributed by atoms with van der Waals surface area (Å²) in [6.07, 6.45) is 0. The Hall–Kier alpha value is -1.35. The lowest BCUT2D eigenvalue weighted by molar-refractivity contribution is -0.135. The lowest BCUT2D eigenvalue weighted by Gasteiger charge is -2.23. The van der Waals surface area contributed by atoms with E-state index in [1.165, 1.54) is 25.3 Å². The van der Waals surface area contributed by atoms with Crippen molar-refractivity contribution < 1.29 is 23.1 Å². The number of hydrogen-bond donors (Lipinski definition) is 2. The Bertz CT molecular complexity index is 564. The average molecular weight is 323 g/mol. The molecule has 0 aliphatic heterocycles. The van der Waals surface area contributed by atoms with Crippen molar-refractivity contribution in [2.75, 3.05) is 31.1 Å². The quantitative estimate of drug-likeness (QED) is 0.687. The smallest absolute Gasteiger partial charge is 0.324 e. The highest BCUT2D eigenvalue weighted by Gasteiger charge is 2.24. The van der Waals surface area contributed by atoms with Gasteiger partial charge in [-0.3, -0.25) is 4.79 Å². The molecule has 0 bridgehead atoms. The Morgan fingerprint density at radius 2 is 2.20 bits per heavy atom. The molecule has 0 aliphatic rings. The van der Waals surface area contributed by atoms with Gasteiger partial charge in [0, 0.05) is 18.7 Å². The van der Waals surface area contributed by atoms with Crippen molar-refractivity contribution >= 4 is 33.5 Å². The minimum atomic E-state index is -4.00. The van der Waals surface area contributed by atoms with Crippen molar-refractivity contribution in [2.45, 2.75) is 0 Å². The first kappa shape index (κ1) is 16.7. The monoisotopic (exact) mass is 322 g/mol. The summed E-state index contributed by atoms with van der Waals surface area (Å²) in [4.78, 5) is 10.9. The van der Waals surface area contributed by atoms with Crippen LogP contribution in [0.1, 0.15) is 0 Å². The van der Waals surface area contributed by atoms with Crippen LogP contribution in [-0.4, -0.2) is 46.3 Å². The second kappa shape index (κ2) is 7.44. The first-order chi connectivity index (χ1) is 9.36. The number of rotatable bonds is 8. The van der Waals surface area contributed by atoms with E-state index >= 15 is 0 Å². The maximum Gasteiger partial charge on any atom is 0.324 e. The average Bonchev–Trinajstić information content (AvgIpc) is 2.35. The van der Waals surface area contributed by atoms with Crippen LogP contribution in [0.4, 0.5) is 5.69 Å². The van der Waals surface area contributed by atoms with Crippen LogP contribution >= 0.6 is 11.6 Å². The molecule has 0 spiro atoms. The number of methoxy groups -OCH3 is 1. The molecule has 0 saturated heterocycles. The number of nitrogens with one attached hydrogen (secondary N) is 1. The minimum absolute atomic E-state index is 0.0372. The third kappa shape index (κ3) is 4.97. The van der Waals surface area contributed by atoms with Crippen molar-refractivity contribution in [1.82, 2.24) is 4.72 Å². The van der Waals surface area contributed by atoms with Crippen LogP contribution in [0.15, 0.2) is 24.3 Å². The molecular formula is C11H15ClN2O5S. The van der Waals surface area contributed by atoms with Gasteiger partial charge < -0.3 is 9.84 Å². The van der Waals surface area contributed by atoms with Gasteiger partial charge in [0.2, 0.25) is 0 Å². The molecule has 1 rings (SSSR count). The van der Waals surface area contributed by atoms with Crippen LogP contribution in [0.25, 0.3) is 0 Å². The molecule has 0 amide bonds. The number of halogens is 1. The normalized spacial score (nSPS) is 11.3. The molecule has 1 aromatic rings. The van der Waals surface area contributed by atoms with Crippen LogP contribution in [0.5, 0.6) is 0 Å². The molecule has 0 saturated carbocycles. The molecule has 112 valence electrons. The highest BCUT2D eigenvalue weighted by atomic mass is 35.5. The Balaban J connectivity index is 3.02. The number of carboxylic acid groups (broad SMARTS) is 1. The molecule has 0 fully saturated rings. The molecular weight excluding hydrogens is 308 g/mol. The van der Waals surface area contributed by atoms with Gasteiger partial charge in [-0.05, 0) is 18.2 Å². The van der Waals surface area contributed by atoms with Gasteiger partial charge >= 0.3 is 16.2 Å². The molecule has 0 heterocycles. The molecule has 7 nitrogen and oxygen atoms in total. The van der Waals surface area contributed by atoms with Crippen LogP contribution in [0.2, 0.25) is 5.02 Å². The highest BCUT2D eigenvalue weighted by Crippen LogP contribution is 2.21. The maximum atomic E-state index is 12.1. The number of anilines is 1. The molecule has 0 radical (unpaired) electrons. The van der Waals surface area contributed by atoms with Crippen molar-refractivity contribution in [1.29, 1.82) is 0 Å². The van der Waals surface area contributed by atoms with Gasteiger partial charge in [0.15, 0.2) is 0 Å². The summed E-state index contributed by atoms with van der Waals surface area (Å²) >= 11 is 5.79. The van der Waals surface area contributed by atoms with Crippen molar-refractivity contribution in [2.24, 2.45) is 0 Å². The van der Waals surface area contributed by atoms with Gasteiger partial charge in [0.1, 0.15) is 6.54 Å². The van der Waals surface area contributed by atoms with E-state index in [1.807, 2.05) is 0 Å². The van der Waals surface area contributed by atoms with E-state index in [4.69, 9.17) is 21.4 Å². The van der Waals surface area contributed by atoms with Gasteiger partial charge in [-0.15, -0.1) is 0 Å². The van der Waals surface area contributed by atoms with Gasteiger partial charge in [0.25, 0.3) is 0 Å². The molecule has 20 heavy (non-hydrogen) atoms. The fraction of sp³-hybridized carbons (Fsp3) is 0.364. The SMILES string of the molecule is COCCNS(=O)(=O)N(CC(=O)O)c1cccc(Cl)c1. The zero-order valence-corrected chi connectivity index (χ0v) is 12.3. The zero-order chi connectivity index (χ0) is 15.2. The van der Waals surface area contributed by atoms with Crippen LogP contribution < -0.4 is 9.03 Å². The van der Waals surface area contributed by atoms with Crippen molar-refractivity contribution in [3.05, 3.63) is 29.3 Å². The lowest BCUT2D eigenvalue weighted by atomic mass is 10.3. The van der Waals surface area contributed by atoms with Crippen LogP contribution in [-0.2, 0) is 19.7 Å². The van der Waals surface area contributed by atoms with Gasteiger partial charge in [-0.25, -0.2) is 4.31 Å². The Labute approximate surface area is 122 Å². The topological polar surface area (TPSA) is 95.9 Å². The molecule has 0 atom stereocenters. The standard InChI is InChI=1S/C11H15ClN2O5S/c1-19-6-5-13-20(17,18)14(8-11(15)16)10-4-2-3-9(12)7-10/h2-4,7,13H,5-6,8H2,1H3,(H,15,16). The molecule has 0 aliphatic carbocycles. The number of carbonyl (C=O) groups is 1. The molecule has 1 aromatic carbocycles. The summed E-state index contributed by atoms with van der Waals surface area (Å²) in [5.41, 5.74) is 0.171. The van der Waals surface area contributed by atoms with Crippen molar-refractivity contribution in [3.8, 4) is 0 Å². The van der Waals surface area contributed by atoms with Gasteiger partial charge in [-0.1, -0.05) is 17.7 Å². The van der Waals surface area contributed by atoms with E-state index in [1.54, 1.807) is 6.07 Å². The molecule has 0 aromatic heterocycles. The third-order valence-corrected chi connectivity index (χ3v) is 3.98. The fourth-order valence-electron chi connectivity index (χ4n) is 1.42. The summed E-state index contributed by atoms with van der Waals surface area (Å²) in [5, 5.41) is 9.17. The predicted molar refractivity (Wildman–Crippen MR) is 75.2 cm³/mol. The Morgan fingerprint density at radius 3 is 2.75 bits per heavy atom. The lowest BCUT2D eigenvalue weighted by Crippen LogP contribution is -2.44. The number of carboxylic acids is 1. The summed E-state index contributed by atoms with van der Waals surface area (Å²) in [7, 11) is -2.56. The fourth-order valence-corrected chi connectivity index (χ4v) is 2.77. The van der Waals surface area contributed by atoms with E-state index in [2.05, 4.69) is 4.72 Å². The highest BCUT2D eigenvalue weighted by molar-refractivity contribution is 7.90. The number of nitrogens with zero attached hydrogens (tertiary/aromatic N) is 1. The summed E-state index contributed by atoms with van der Waals surface area (Å²) in [6.45, 7) is -0.492. The maximum absolute atomic E-state index is 12.1. The van der Waals surface area contributed by atoms with E-state index in [0.717, 1.165) is 4.31 Å². The second-order valence-electron chi connectivity index (χ2n) is 3.77. The van der Waals surface area contributed by atoms with Gasteiger partial charge in [-0.2, -0.15) is 13.1 Å². The Morgan fingerprint density at radius 1 is 1.50 bits per heavy atom. The first-order valence-electron chi connectivity index (χ1n) is 5.60. The molecule has 9 heteroatoms. The third-order valence-electron chi connectivity index (χ3n) is 2.26. The van der Waals surface area contributed by atoms with E-state index in [0.29, 0.717) is 5.02 Å². The second-order valence-corrected chi connectivity index (χ2v) is 5.89.